The van der Waals surface area contributed by atoms with E-state index in [9.17, 15) is 9.59 Å². The van der Waals surface area contributed by atoms with E-state index in [0.717, 1.165) is 35.7 Å². The summed E-state index contributed by atoms with van der Waals surface area (Å²) in [5.41, 5.74) is 2.62. The lowest BCUT2D eigenvalue weighted by Crippen LogP contribution is -2.44. The molecule has 1 aromatic heterocycles. The number of benzene rings is 2. The molecule has 0 spiro atoms. The largest absolute Gasteiger partial charge is 0.361 e. The molecule has 1 aliphatic carbocycles. The van der Waals surface area contributed by atoms with Crippen molar-refractivity contribution in [2.75, 3.05) is 0 Å². The van der Waals surface area contributed by atoms with Gasteiger partial charge < -0.3 is 15.6 Å². The first-order valence-electron chi connectivity index (χ1n) is 10.6. The normalized spacial score (nSPS) is 19.4. The smallest absolute Gasteiger partial charge is 0.268 e. The van der Waals surface area contributed by atoms with Crippen LogP contribution >= 0.6 is 0 Å². The van der Waals surface area contributed by atoms with Gasteiger partial charge in [-0.05, 0) is 43.0 Å². The highest BCUT2D eigenvalue weighted by atomic mass is 16.2. The highest BCUT2D eigenvalue weighted by molar-refractivity contribution is 6.06. The van der Waals surface area contributed by atoms with Gasteiger partial charge >= 0.3 is 0 Å². The van der Waals surface area contributed by atoms with Crippen LogP contribution in [0.5, 0.6) is 0 Å². The zero-order valence-electron chi connectivity index (χ0n) is 17.2. The minimum Gasteiger partial charge on any atom is -0.361 e. The molecule has 0 bridgehead atoms. The highest BCUT2D eigenvalue weighted by Crippen LogP contribution is 2.24. The van der Waals surface area contributed by atoms with Gasteiger partial charge in [0.25, 0.3) is 11.8 Å². The van der Waals surface area contributed by atoms with Crippen molar-refractivity contribution in [3.63, 3.8) is 0 Å². The minimum atomic E-state index is -0.298. The van der Waals surface area contributed by atoms with E-state index in [1.54, 1.807) is 18.2 Å². The third-order valence-corrected chi connectivity index (χ3v) is 5.88. The topological polar surface area (TPSA) is 74.0 Å². The first-order valence-corrected chi connectivity index (χ1v) is 10.6. The van der Waals surface area contributed by atoms with Crippen molar-refractivity contribution in [1.82, 2.24) is 15.6 Å². The third-order valence-electron chi connectivity index (χ3n) is 5.88. The molecule has 3 N–H and O–H groups in total. The fourth-order valence-corrected chi connectivity index (χ4v) is 4.09. The second-order valence-electron chi connectivity index (χ2n) is 8.01. The fourth-order valence-electron chi connectivity index (χ4n) is 4.09. The van der Waals surface area contributed by atoms with E-state index in [-0.39, 0.29) is 23.6 Å². The zero-order chi connectivity index (χ0) is 20.9. The Morgan fingerprint density at radius 1 is 1.00 bits per heavy atom. The summed E-state index contributed by atoms with van der Waals surface area (Å²) in [4.78, 5) is 29.2. The van der Waals surface area contributed by atoms with Crippen LogP contribution in [0.4, 0.5) is 0 Å². The van der Waals surface area contributed by atoms with Crippen LogP contribution in [-0.4, -0.2) is 22.8 Å². The molecule has 5 nitrogen and oxygen atoms in total. The maximum Gasteiger partial charge on any atom is 0.268 e. The molecule has 154 valence electrons. The monoisotopic (exact) mass is 401 g/mol. The predicted octanol–water partition coefficient (Wildman–Crippen LogP) is 4.63. The summed E-state index contributed by atoms with van der Waals surface area (Å²) in [7, 11) is 0. The van der Waals surface area contributed by atoms with Crippen molar-refractivity contribution in [2.45, 2.75) is 38.6 Å². The van der Waals surface area contributed by atoms with Crippen LogP contribution in [0, 0.1) is 5.92 Å². The maximum atomic E-state index is 13.2. The van der Waals surface area contributed by atoms with Gasteiger partial charge in [-0.1, -0.05) is 56.2 Å². The average Bonchev–Trinajstić information content (AvgIpc) is 3.18. The van der Waals surface area contributed by atoms with Crippen LogP contribution in [0.25, 0.3) is 17.0 Å². The van der Waals surface area contributed by atoms with Crippen LogP contribution in [0.15, 0.2) is 66.5 Å². The number of para-hydroxylation sites is 1. The van der Waals surface area contributed by atoms with Gasteiger partial charge in [-0.3, -0.25) is 9.59 Å². The average molecular weight is 402 g/mol. The second-order valence-corrected chi connectivity index (χ2v) is 8.01. The summed E-state index contributed by atoms with van der Waals surface area (Å²) < 4.78 is 0. The van der Waals surface area contributed by atoms with Gasteiger partial charge in [0, 0.05) is 34.3 Å². The molecule has 5 heteroatoms. The van der Waals surface area contributed by atoms with Crippen LogP contribution in [0.3, 0.4) is 0 Å². The Hall–Kier alpha value is -3.34. The first-order chi connectivity index (χ1) is 14.6. The van der Waals surface area contributed by atoms with Gasteiger partial charge in [-0.25, -0.2) is 0 Å². The van der Waals surface area contributed by atoms with Gasteiger partial charge in [0.15, 0.2) is 0 Å². The van der Waals surface area contributed by atoms with Gasteiger partial charge in [0.1, 0.15) is 5.70 Å². The number of fused-ring (bicyclic) bond motifs is 1. The van der Waals surface area contributed by atoms with Crippen LogP contribution < -0.4 is 10.6 Å². The number of amides is 2. The van der Waals surface area contributed by atoms with Gasteiger partial charge in [-0.2, -0.15) is 0 Å². The number of nitrogens with one attached hydrogen (secondary N) is 3. The van der Waals surface area contributed by atoms with Gasteiger partial charge in [-0.15, -0.1) is 0 Å². The number of hydrogen-bond donors (Lipinski definition) is 3. The Labute approximate surface area is 176 Å². The summed E-state index contributed by atoms with van der Waals surface area (Å²) in [6.45, 7) is 2.18. The number of aromatic amines is 1. The molecule has 2 atom stereocenters. The standard InChI is InChI=1S/C25H27N3O2/c1-17-9-5-7-13-21(17)27-25(30)23(28-24(29)18-10-3-2-4-11-18)15-19-16-26-22-14-8-6-12-20(19)22/h2-4,6,8,10-12,14-17,21,26H,5,7,9,13H2,1H3,(H,27,30)(H,28,29)/b23-15-/t17-,21+/m1/s1. The molecule has 1 fully saturated rings. The summed E-state index contributed by atoms with van der Waals surface area (Å²) in [5.74, 6) is -0.112. The molecule has 0 unspecified atom stereocenters. The molecule has 1 aliphatic rings. The second kappa shape index (κ2) is 8.99. The number of carbonyl (C=O) groups excluding carboxylic acids is 2. The molecule has 30 heavy (non-hydrogen) atoms. The van der Waals surface area contributed by atoms with E-state index in [0.29, 0.717) is 11.5 Å². The molecule has 1 heterocycles. The Kier molecular flexibility index (Phi) is 5.98. The van der Waals surface area contributed by atoms with E-state index < -0.39 is 0 Å². The zero-order valence-corrected chi connectivity index (χ0v) is 17.2. The number of carbonyl (C=O) groups is 2. The molecule has 2 aromatic carbocycles. The lowest BCUT2D eigenvalue weighted by Gasteiger charge is -2.29. The maximum absolute atomic E-state index is 13.2. The molecule has 0 radical (unpaired) electrons. The Morgan fingerprint density at radius 2 is 1.73 bits per heavy atom. The molecule has 1 saturated carbocycles. The van der Waals surface area contributed by atoms with E-state index in [1.165, 1.54) is 6.42 Å². The van der Waals surface area contributed by atoms with Crippen molar-refractivity contribution in [3.05, 3.63) is 77.6 Å². The van der Waals surface area contributed by atoms with Crippen molar-refractivity contribution < 1.29 is 9.59 Å². The van der Waals surface area contributed by atoms with E-state index in [4.69, 9.17) is 0 Å². The van der Waals surface area contributed by atoms with Crippen molar-refractivity contribution in [1.29, 1.82) is 0 Å². The summed E-state index contributed by atoms with van der Waals surface area (Å²) in [6, 6.07) is 17.0. The van der Waals surface area contributed by atoms with E-state index in [2.05, 4.69) is 22.5 Å². The number of H-pyrrole nitrogens is 1. The fraction of sp³-hybridized carbons (Fsp3) is 0.280. The number of rotatable bonds is 5. The van der Waals surface area contributed by atoms with E-state index >= 15 is 0 Å². The lowest BCUT2D eigenvalue weighted by molar-refractivity contribution is -0.119. The summed E-state index contributed by atoms with van der Waals surface area (Å²) in [6.07, 6.45) is 8.02. The highest BCUT2D eigenvalue weighted by Gasteiger charge is 2.25. The number of hydrogen-bond acceptors (Lipinski definition) is 2. The Bertz CT molecular complexity index is 1070. The molecular weight excluding hydrogens is 374 g/mol. The van der Waals surface area contributed by atoms with Crippen LogP contribution in [-0.2, 0) is 4.79 Å². The van der Waals surface area contributed by atoms with Gasteiger partial charge in [0.2, 0.25) is 0 Å². The van der Waals surface area contributed by atoms with Crippen molar-refractivity contribution in [3.8, 4) is 0 Å². The minimum absolute atomic E-state index is 0.131. The van der Waals surface area contributed by atoms with Crippen molar-refractivity contribution in [2.24, 2.45) is 5.92 Å². The third kappa shape index (κ3) is 4.46. The molecular formula is C25H27N3O2. The summed E-state index contributed by atoms with van der Waals surface area (Å²) in [5, 5.41) is 6.99. The quantitative estimate of drug-likeness (QED) is 0.545. The molecule has 0 saturated heterocycles. The Balaban J connectivity index is 1.63. The lowest BCUT2D eigenvalue weighted by atomic mass is 9.86. The molecule has 4 rings (SSSR count). The Morgan fingerprint density at radius 3 is 2.53 bits per heavy atom. The van der Waals surface area contributed by atoms with E-state index in [1.807, 2.05) is 48.7 Å². The molecule has 0 aliphatic heterocycles. The first kappa shape index (κ1) is 20.0. The predicted molar refractivity (Wildman–Crippen MR) is 120 cm³/mol. The summed E-state index contributed by atoms with van der Waals surface area (Å²) >= 11 is 0. The van der Waals surface area contributed by atoms with Gasteiger partial charge in [0.05, 0.1) is 0 Å². The van der Waals surface area contributed by atoms with Crippen LogP contribution in [0.1, 0.15) is 48.5 Å². The number of aromatic nitrogens is 1. The van der Waals surface area contributed by atoms with Crippen LogP contribution in [0.2, 0.25) is 0 Å². The van der Waals surface area contributed by atoms with Crippen molar-refractivity contribution >= 4 is 28.8 Å². The molecule has 3 aromatic rings. The molecule has 2 amide bonds. The SMILES string of the molecule is C[C@@H]1CCCC[C@@H]1NC(=O)/C(=C/c1c[nH]c2ccccc12)NC(=O)c1ccccc1.